The van der Waals surface area contributed by atoms with Crippen molar-refractivity contribution in [3.05, 3.63) is 45.9 Å². The SMILES string of the molecule is COc1ccccc1CNC(=O)c1csc(C(=O)N2CCCC2)n1. The Hall–Kier alpha value is -2.41. The van der Waals surface area contributed by atoms with E-state index in [4.69, 9.17) is 4.74 Å². The number of hydrogen-bond donors (Lipinski definition) is 1. The van der Waals surface area contributed by atoms with Crippen LogP contribution < -0.4 is 10.1 Å². The Bertz CT molecular complexity index is 738. The number of benzene rings is 1. The Morgan fingerprint density at radius 3 is 2.79 bits per heavy atom. The fraction of sp³-hybridized carbons (Fsp3) is 0.353. The number of ether oxygens (including phenoxy) is 1. The lowest BCUT2D eigenvalue weighted by Gasteiger charge is -2.12. The highest BCUT2D eigenvalue weighted by Gasteiger charge is 2.23. The fourth-order valence-corrected chi connectivity index (χ4v) is 3.41. The zero-order valence-corrected chi connectivity index (χ0v) is 14.3. The molecule has 2 amide bonds. The Balaban J connectivity index is 1.62. The second-order valence-corrected chi connectivity index (χ2v) is 6.39. The zero-order valence-electron chi connectivity index (χ0n) is 13.4. The average Bonchev–Trinajstić information content (AvgIpc) is 3.30. The largest absolute Gasteiger partial charge is 0.496 e. The van der Waals surface area contributed by atoms with Gasteiger partial charge in [-0.05, 0) is 18.9 Å². The smallest absolute Gasteiger partial charge is 0.282 e. The first-order valence-electron chi connectivity index (χ1n) is 7.84. The van der Waals surface area contributed by atoms with Crippen LogP contribution in [0, 0.1) is 0 Å². The predicted molar refractivity (Wildman–Crippen MR) is 91.4 cm³/mol. The van der Waals surface area contributed by atoms with E-state index in [0.717, 1.165) is 37.2 Å². The van der Waals surface area contributed by atoms with Gasteiger partial charge in [-0.2, -0.15) is 0 Å². The summed E-state index contributed by atoms with van der Waals surface area (Å²) in [4.78, 5) is 30.5. The molecule has 3 rings (SSSR count). The molecule has 6 nitrogen and oxygen atoms in total. The van der Waals surface area contributed by atoms with Crippen LogP contribution in [0.4, 0.5) is 0 Å². The van der Waals surface area contributed by atoms with Crippen LogP contribution >= 0.6 is 11.3 Å². The molecule has 1 aromatic heterocycles. The van der Waals surface area contributed by atoms with Gasteiger partial charge in [0.15, 0.2) is 5.01 Å². The molecule has 0 spiro atoms. The van der Waals surface area contributed by atoms with Gasteiger partial charge in [-0.1, -0.05) is 18.2 Å². The van der Waals surface area contributed by atoms with Crippen LogP contribution in [0.2, 0.25) is 0 Å². The van der Waals surface area contributed by atoms with Crippen molar-refractivity contribution in [1.29, 1.82) is 0 Å². The van der Waals surface area contributed by atoms with Crippen molar-refractivity contribution in [1.82, 2.24) is 15.2 Å². The lowest BCUT2D eigenvalue weighted by Crippen LogP contribution is -2.28. The van der Waals surface area contributed by atoms with Gasteiger partial charge in [-0.15, -0.1) is 11.3 Å². The van der Waals surface area contributed by atoms with E-state index in [1.54, 1.807) is 17.4 Å². The monoisotopic (exact) mass is 345 g/mol. The highest BCUT2D eigenvalue weighted by molar-refractivity contribution is 7.11. The van der Waals surface area contributed by atoms with Crippen molar-refractivity contribution in [2.45, 2.75) is 19.4 Å². The minimum atomic E-state index is -0.294. The molecule has 2 aromatic rings. The quantitative estimate of drug-likeness (QED) is 0.903. The number of amides is 2. The molecule has 1 saturated heterocycles. The molecule has 7 heteroatoms. The first-order chi connectivity index (χ1) is 11.7. The molecule has 1 aromatic carbocycles. The number of methoxy groups -OCH3 is 1. The third-order valence-corrected chi connectivity index (χ3v) is 4.78. The standard InChI is InChI=1S/C17H19N3O3S/c1-23-14-7-3-2-6-12(14)10-18-15(21)13-11-24-16(19-13)17(22)20-8-4-5-9-20/h2-3,6-7,11H,4-5,8-10H2,1H3,(H,18,21). The highest BCUT2D eigenvalue weighted by Crippen LogP contribution is 2.18. The maximum absolute atomic E-state index is 12.3. The van der Waals surface area contributed by atoms with Gasteiger partial charge in [-0.25, -0.2) is 4.98 Å². The zero-order chi connectivity index (χ0) is 16.9. The molecular weight excluding hydrogens is 326 g/mol. The number of hydrogen-bond acceptors (Lipinski definition) is 5. The Morgan fingerprint density at radius 1 is 1.29 bits per heavy atom. The van der Waals surface area contributed by atoms with Crippen LogP contribution in [0.25, 0.3) is 0 Å². The van der Waals surface area contributed by atoms with Crippen LogP contribution in [0.3, 0.4) is 0 Å². The lowest BCUT2D eigenvalue weighted by atomic mass is 10.2. The van der Waals surface area contributed by atoms with Crippen molar-refractivity contribution in [3.63, 3.8) is 0 Å². The molecule has 1 N–H and O–H groups in total. The van der Waals surface area contributed by atoms with Gasteiger partial charge >= 0.3 is 0 Å². The third-order valence-electron chi connectivity index (χ3n) is 3.94. The van der Waals surface area contributed by atoms with Gasteiger partial charge in [0.1, 0.15) is 11.4 Å². The maximum atomic E-state index is 12.3. The number of thiazole rings is 1. The van der Waals surface area contributed by atoms with Crippen LogP contribution in [0.5, 0.6) is 5.75 Å². The average molecular weight is 345 g/mol. The van der Waals surface area contributed by atoms with Crippen molar-refractivity contribution in [2.24, 2.45) is 0 Å². The minimum Gasteiger partial charge on any atom is -0.496 e. The van der Waals surface area contributed by atoms with Crippen molar-refractivity contribution < 1.29 is 14.3 Å². The highest BCUT2D eigenvalue weighted by atomic mass is 32.1. The summed E-state index contributed by atoms with van der Waals surface area (Å²) in [6.07, 6.45) is 2.06. The van der Waals surface area contributed by atoms with Gasteiger partial charge in [-0.3, -0.25) is 9.59 Å². The summed E-state index contributed by atoms with van der Waals surface area (Å²) in [5, 5.41) is 4.81. The number of nitrogens with zero attached hydrogens (tertiary/aromatic N) is 2. The summed E-state index contributed by atoms with van der Waals surface area (Å²) in [6, 6.07) is 7.50. The molecule has 0 atom stereocenters. The molecule has 0 aliphatic carbocycles. The van der Waals surface area contributed by atoms with Crippen molar-refractivity contribution in [2.75, 3.05) is 20.2 Å². The van der Waals surface area contributed by atoms with Gasteiger partial charge in [0, 0.05) is 30.6 Å². The van der Waals surface area contributed by atoms with Crippen LogP contribution in [0.15, 0.2) is 29.6 Å². The summed E-state index contributed by atoms with van der Waals surface area (Å²) in [5.74, 6) is 0.347. The molecule has 24 heavy (non-hydrogen) atoms. The Morgan fingerprint density at radius 2 is 2.04 bits per heavy atom. The molecule has 1 fully saturated rings. The van der Waals surface area contributed by atoms with Crippen molar-refractivity contribution in [3.8, 4) is 5.75 Å². The molecule has 0 radical (unpaired) electrons. The third kappa shape index (κ3) is 3.56. The molecule has 126 valence electrons. The lowest BCUT2D eigenvalue weighted by molar-refractivity contribution is 0.0792. The van der Waals surface area contributed by atoms with E-state index in [9.17, 15) is 9.59 Å². The molecule has 1 aliphatic rings. The molecule has 0 unspecified atom stereocenters. The van der Waals surface area contributed by atoms with Crippen LogP contribution in [-0.4, -0.2) is 41.9 Å². The van der Waals surface area contributed by atoms with E-state index in [0.29, 0.717) is 11.6 Å². The van der Waals surface area contributed by atoms with Crippen LogP contribution in [-0.2, 0) is 6.54 Å². The number of likely N-dealkylation sites (tertiary alicyclic amines) is 1. The minimum absolute atomic E-state index is 0.0821. The summed E-state index contributed by atoms with van der Waals surface area (Å²) in [6.45, 7) is 1.89. The second kappa shape index (κ2) is 7.44. The summed E-state index contributed by atoms with van der Waals surface area (Å²) < 4.78 is 5.26. The Kier molecular flexibility index (Phi) is 5.10. The van der Waals surface area contributed by atoms with Gasteiger partial charge in [0.2, 0.25) is 0 Å². The van der Waals surface area contributed by atoms with Gasteiger partial charge in [0.05, 0.1) is 7.11 Å². The Labute approximate surface area is 144 Å². The molecule has 0 saturated carbocycles. The van der Waals surface area contributed by atoms with E-state index in [-0.39, 0.29) is 17.5 Å². The van der Waals surface area contributed by atoms with E-state index in [2.05, 4.69) is 10.3 Å². The number of para-hydroxylation sites is 1. The number of rotatable bonds is 5. The van der Waals surface area contributed by atoms with Gasteiger partial charge < -0.3 is 15.0 Å². The normalized spacial score (nSPS) is 13.8. The number of nitrogens with one attached hydrogen (secondary N) is 1. The first kappa shape index (κ1) is 16.4. The summed E-state index contributed by atoms with van der Waals surface area (Å²) in [5.41, 5.74) is 1.16. The van der Waals surface area contributed by atoms with E-state index in [1.807, 2.05) is 24.3 Å². The second-order valence-electron chi connectivity index (χ2n) is 5.53. The number of carbonyl (C=O) groups is 2. The number of aromatic nitrogens is 1. The van der Waals surface area contributed by atoms with Crippen molar-refractivity contribution >= 4 is 23.2 Å². The number of carbonyl (C=O) groups excluding carboxylic acids is 2. The predicted octanol–water partition coefficient (Wildman–Crippen LogP) is 2.32. The topological polar surface area (TPSA) is 71.5 Å². The van der Waals surface area contributed by atoms with Crippen LogP contribution in [0.1, 0.15) is 38.7 Å². The van der Waals surface area contributed by atoms with E-state index in [1.165, 1.54) is 11.3 Å². The van der Waals surface area contributed by atoms with Gasteiger partial charge in [0.25, 0.3) is 11.8 Å². The van der Waals surface area contributed by atoms with E-state index < -0.39 is 0 Å². The summed E-state index contributed by atoms with van der Waals surface area (Å²) >= 11 is 1.21. The molecular formula is C17H19N3O3S. The fourth-order valence-electron chi connectivity index (χ4n) is 2.65. The molecule has 1 aliphatic heterocycles. The maximum Gasteiger partial charge on any atom is 0.282 e. The summed E-state index contributed by atoms with van der Waals surface area (Å²) in [7, 11) is 1.59. The molecule has 0 bridgehead atoms. The van der Waals surface area contributed by atoms with E-state index >= 15 is 0 Å². The first-order valence-corrected chi connectivity index (χ1v) is 8.72. The molecule has 2 heterocycles.